The number of aryl methyl sites for hydroxylation is 2. The Bertz CT molecular complexity index is 1130. The molecule has 4 rings (SSSR count). The second-order valence-corrected chi connectivity index (χ2v) is 6.01. The maximum atomic E-state index is 12.8. The van der Waals surface area contributed by atoms with E-state index in [2.05, 4.69) is 20.5 Å². The van der Waals surface area contributed by atoms with Crippen LogP contribution in [0.4, 0.5) is 5.69 Å². The fourth-order valence-electron chi connectivity index (χ4n) is 2.85. The summed E-state index contributed by atoms with van der Waals surface area (Å²) in [4.78, 5) is 17.1. The quantitative estimate of drug-likeness (QED) is 0.611. The van der Waals surface area contributed by atoms with Crippen LogP contribution in [-0.2, 0) is 6.54 Å². The molecular weight excluding hydrogens is 332 g/mol. The number of carbonyl (C=O) groups is 1. The topological polar surface area (TPSA) is 86.3 Å². The molecule has 0 saturated heterocycles. The third-order valence-electron chi connectivity index (χ3n) is 4.18. The van der Waals surface area contributed by atoms with Crippen LogP contribution in [0.2, 0.25) is 0 Å². The molecule has 1 amide bonds. The van der Waals surface area contributed by atoms with Crippen LogP contribution < -0.4 is 10.1 Å². The number of carbonyl (C=O) groups excluding carboxylic acids is 1. The number of anilines is 1. The highest BCUT2D eigenvalue weighted by molar-refractivity contribution is 6.09. The molecule has 4 aromatic rings. The molecule has 0 fully saturated rings. The first-order valence-electron chi connectivity index (χ1n) is 8.25. The molecule has 0 saturated carbocycles. The average molecular weight is 350 g/mol. The van der Waals surface area contributed by atoms with E-state index in [-0.39, 0.29) is 5.91 Å². The van der Waals surface area contributed by atoms with Crippen molar-refractivity contribution in [1.82, 2.24) is 24.4 Å². The van der Waals surface area contributed by atoms with Gasteiger partial charge in [-0.1, -0.05) is 0 Å². The molecule has 1 N–H and O–H groups in total. The molecule has 0 aliphatic carbocycles. The van der Waals surface area contributed by atoms with Crippen LogP contribution in [0.1, 0.15) is 22.8 Å². The lowest BCUT2D eigenvalue weighted by Crippen LogP contribution is -2.13. The zero-order valence-corrected chi connectivity index (χ0v) is 14.7. The summed E-state index contributed by atoms with van der Waals surface area (Å²) in [6.45, 7) is 4.71. The predicted octanol–water partition coefficient (Wildman–Crippen LogP) is 2.67. The van der Waals surface area contributed by atoms with Gasteiger partial charge in [-0.15, -0.1) is 0 Å². The van der Waals surface area contributed by atoms with Gasteiger partial charge in [0.2, 0.25) is 0 Å². The van der Waals surface area contributed by atoms with Crippen molar-refractivity contribution in [1.29, 1.82) is 0 Å². The lowest BCUT2D eigenvalue weighted by Gasteiger charge is -2.09. The van der Waals surface area contributed by atoms with Gasteiger partial charge in [-0.2, -0.15) is 10.2 Å². The largest absolute Gasteiger partial charge is 0.494 e. The highest BCUT2D eigenvalue weighted by Gasteiger charge is 2.17. The summed E-state index contributed by atoms with van der Waals surface area (Å²) in [6.07, 6.45) is 6.98. The molecule has 1 aromatic carbocycles. The molecular formula is C18H18N6O2. The molecule has 0 unspecified atom stereocenters. The first kappa shape index (κ1) is 16.1. The summed E-state index contributed by atoms with van der Waals surface area (Å²) in [5, 5.41) is 12.5. The van der Waals surface area contributed by atoms with Crippen molar-refractivity contribution < 1.29 is 9.53 Å². The number of rotatable bonds is 4. The van der Waals surface area contributed by atoms with Gasteiger partial charge in [0.1, 0.15) is 11.3 Å². The second kappa shape index (κ2) is 6.14. The van der Waals surface area contributed by atoms with Crippen molar-refractivity contribution in [3.8, 4) is 5.75 Å². The van der Waals surface area contributed by atoms with Crippen LogP contribution in [0.15, 0.2) is 36.9 Å². The minimum atomic E-state index is -0.295. The predicted molar refractivity (Wildman–Crippen MR) is 97.6 cm³/mol. The molecule has 0 spiro atoms. The molecule has 8 nitrogen and oxygen atoms in total. The smallest absolute Gasteiger partial charge is 0.261 e. The van der Waals surface area contributed by atoms with Crippen molar-refractivity contribution >= 4 is 28.1 Å². The number of benzene rings is 1. The standard InChI is InChI=1S/C18H18N6O2/c1-4-23-10-12-5-15(16(26-3)6-14(12)22-23)21-18(25)13-8-20-24-9-11(2)7-19-17(13)24/h5-10H,4H2,1-3H3,(H,21,25). The van der Waals surface area contributed by atoms with E-state index in [0.717, 1.165) is 23.0 Å². The summed E-state index contributed by atoms with van der Waals surface area (Å²) in [6, 6.07) is 3.67. The lowest BCUT2D eigenvalue weighted by molar-refractivity contribution is 0.102. The minimum Gasteiger partial charge on any atom is -0.494 e. The number of ether oxygens (including phenoxy) is 1. The summed E-state index contributed by atoms with van der Waals surface area (Å²) in [5.41, 5.74) is 3.26. The van der Waals surface area contributed by atoms with Crippen molar-refractivity contribution in [2.24, 2.45) is 0 Å². The molecule has 8 heteroatoms. The molecule has 132 valence electrons. The maximum absolute atomic E-state index is 12.8. The van der Waals surface area contributed by atoms with Crippen molar-refractivity contribution in [3.05, 3.63) is 48.0 Å². The number of fused-ring (bicyclic) bond motifs is 2. The van der Waals surface area contributed by atoms with Crippen LogP contribution in [0.5, 0.6) is 5.75 Å². The molecule has 0 atom stereocenters. The number of nitrogens with zero attached hydrogens (tertiary/aromatic N) is 5. The number of hydrogen-bond donors (Lipinski definition) is 1. The Labute approximate surface area is 149 Å². The number of methoxy groups -OCH3 is 1. The monoisotopic (exact) mass is 350 g/mol. The van der Waals surface area contributed by atoms with Gasteiger partial charge in [0.05, 0.1) is 24.5 Å². The molecule has 0 bridgehead atoms. The fourth-order valence-corrected chi connectivity index (χ4v) is 2.85. The Kier molecular flexibility index (Phi) is 3.80. The van der Waals surface area contributed by atoms with Crippen LogP contribution in [0, 0.1) is 6.92 Å². The van der Waals surface area contributed by atoms with Gasteiger partial charge in [-0.05, 0) is 25.5 Å². The Morgan fingerprint density at radius 3 is 2.88 bits per heavy atom. The van der Waals surface area contributed by atoms with Crippen LogP contribution >= 0.6 is 0 Å². The molecule has 3 aromatic heterocycles. The van der Waals surface area contributed by atoms with Gasteiger partial charge >= 0.3 is 0 Å². The molecule has 26 heavy (non-hydrogen) atoms. The Balaban J connectivity index is 1.72. The number of nitrogens with one attached hydrogen (secondary N) is 1. The summed E-state index contributed by atoms with van der Waals surface area (Å²) >= 11 is 0. The first-order chi connectivity index (χ1) is 12.6. The van der Waals surface area contributed by atoms with E-state index in [4.69, 9.17) is 4.74 Å². The minimum absolute atomic E-state index is 0.295. The van der Waals surface area contributed by atoms with Gasteiger partial charge in [0.15, 0.2) is 5.65 Å². The summed E-state index contributed by atoms with van der Waals surface area (Å²) in [5.74, 6) is 0.254. The van der Waals surface area contributed by atoms with Crippen LogP contribution in [-0.4, -0.2) is 37.4 Å². The van der Waals surface area contributed by atoms with E-state index in [1.54, 1.807) is 17.8 Å². The highest BCUT2D eigenvalue weighted by Crippen LogP contribution is 2.30. The Morgan fingerprint density at radius 1 is 1.27 bits per heavy atom. The normalized spacial score (nSPS) is 11.2. The van der Waals surface area contributed by atoms with E-state index in [9.17, 15) is 4.79 Å². The van der Waals surface area contributed by atoms with Crippen molar-refractivity contribution in [2.45, 2.75) is 20.4 Å². The highest BCUT2D eigenvalue weighted by atomic mass is 16.5. The first-order valence-corrected chi connectivity index (χ1v) is 8.25. The van der Waals surface area contributed by atoms with E-state index in [0.29, 0.717) is 22.6 Å². The van der Waals surface area contributed by atoms with Crippen molar-refractivity contribution in [3.63, 3.8) is 0 Å². The maximum Gasteiger partial charge on any atom is 0.261 e. The van der Waals surface area contributed by atoms with Gasteiger partial charge in [-0.25, -0.2) is 9.50 Å². The van der Waals surface area contributed by atoms with Gasteiger partial charge in [0.25, 0.3) is 5.91 Å². The van der Waals surface area contributed by atoms with E-state index in [1.165, 1.54) is 6.20 Å². The number of amides is 1. The molecule has 0 radical (unpaired) electrons. The molecule has 3 heterocycles. The van der Waals surface area contributed by atoms with Crippen LogP contribution in [0.25, 0.3) is 16.6 Å². The SMILES string of the molecule is CCn1cc2cc(NC(=O)c3cnn4cc(C)cnc34)c(OC)cc2n1. The lowest BCUT2D eigenvalue weighted by atomic mass is 10.2. The van der Waals surface area contributed by atoms with Crippen LogP contribution in [0.3, 0.4) is 0 Å². The fraction of sp³-hybridized carbons (Fsp3) is 0.222. The zero-order chi connectivity index (χ0) is 18.3. The third kappa shape index (κ3) is 2.65. The molecule has 0 aliphatic rings. The van der Waals surface area contributed by atoms with E-state index < -0.39 is 0 Å². The Morgan fingerprint density at radius 2 is 2.12 bits per heavy atom. The average Bonchev–Trinajstić information content (AvgIpc) is 3.23. The van der Waals surface area contributed by atoms with Gasteiger partial charge in [-0.3, -0.25) is 9.48 Å². The van der Waals surface area contributed by atoms with E-state index in [1.807, 2.05) is 43.1 Å². The molecule has 0 aliphatic heterocycles. The number of hydrogen-bond acceptors (Lipinski definition) is 5. The summed E-state index contributed by atoms with van der Waals surface area (Å²) in [7, 11) is 1.56. The zero-order valence-electron chi connectivity index (χ0n) is 14.7. The van der Waals surface area contributed by atoms with Gasteiger partial charge < -0.3 is 10.1 Å². The summed E-state index contributed by atoms with van der Waals surface area (Å²) < 4.78 is 8.85. The second-order valence-electron chi connectivity index (χ2n) is 6.01. The van der Waals surface area contributed by atoms with Gasteiger partial charge in [0, 0.05) is 36.6 Å². The van der Waals surface area contributed by atoms with Crippen molar-refractivity contribution in [2.75, 3.05) is 12.4 Å². The Hall–Kier alpha value is -3.42. The third-order valence-corrected chi connectivity index (χ3v) is 4.18. The van der Waals surface area contributed by atoms with E-state index >= 15 is 0 Å². The number of aromatic nitrogens is 5.